The van der Waals surface area contributed by atoms with Crippen LogP contribution in [-0.4, -0.2) is 46.1 Å². The zero-order valence-corrected chi connectivity index (χ0v) is 20.7. The first-order chi connectivity index (χ1) is 14.7. The number of aliphatic imine (C=N–C) groups is 1. The Morgan fingerprint density at radius 1 is 1.03 bits per heavy atom. The quantitative estimate of drug-likeness (QED) is 0.318. The fraction of sp³-hybridized carbons (Fsp3) is 0.435. The molecule has 4 rings (SSSR count). The monoisotopic (exact) mass is 557 g/mol. The number of nitrogens with one attached hydrogen (secondary N) is 2. The normalized spacial score (nSPS) is 17.0. The predicted molar refractivity (Wildman–Crippen MR) is 134 cm³/mol. The summed E-state index contributed by atoms with van der Waals surface area (Å²) in [5.41, 5.74) is 2.45. The van der Waals surface area contributed by atoms with Crippen molar-refractivity contribution in [1.82, 2.24) is 10.6 Å². The van der Waals surface area contributed by atoms with Crippen LogP contribution in [0.1, 0.15) is 24.0 Å². The zero-order valence-electron chi connectivity index (χ0n) is 17.7. The molecule has 2 N–H and O–H groups in total. The summed E-state index contributed by atoms with van der Waals surface area (Å²) in [5, 5.41) is 7.70. The molecule has 168 valence electrons. The lowest BCUT2D eigenvalue weighted by Gasteiger charge is -2.38. The summed E-state index contributed by atoms with van der Waals surface area (Å²) in [6.07, 6.45) is 2.79. The van der Waals surface area contributed by atoms with Crippen molar-refractivity contribution in [3.05, 3.63) is 58.6 Å². The maximum Gasteiger partial charge on any atom is 0.231 e. The predicted octanol–water partition coefficient (Wildman–Crippen LogP) is 4.14. The Morgan fingerprint density at radius 3 is 2.52 bits per heavy atom. The second-order valence-electron chi connectivity index (χ2n) is 7.69. The molecule has 0 bridgehead atoms. The number of ether oxygens (including phenoxy) is 3. The van der Waals surface area contributed by atoms with E-state index in [4.69, 9.17) is 25.8 Å². The minimum absolute atomic E-state index is 0. The van der Waals surface area contributed by atoms with E-state index in [0.29, 0.717) is 0 Å². The molecule has 1 fully saturated rings. The second-order valence-corrected chi connectivity index (χ2v) is 8.13. The lowest BCUT2D eigenvalue weighted by Crippen LogP contribution is -2.48. The van der Waals surface area contributed by atoms with Crippen molar-refractivity contribution in [2.24, 2.45) is 4.99 Å². The summed E-state index contributed by atoms with van der Waals surface area (Å²) in [4.78, 5) is 4.40. The maximum absolute atomic E-state index is 5.96. The van der Waals surface area contributed by atoms with Gasteiger partial charge < -0.3 is 24.8 Å². The van der Waals surface area contributed by atoms with Gasteiger partial charge in [0.15, 0.2) is 17.5 Å². The summed E-state index contributed by atoms with van der Waals surface area (Å²) < 4.78 is 16.7. The highest BCUT2D eigenvalue weighted by atomic mass is 127. The molecule has 0 unspecified atom stereocenters. The van der Waals surface area contributed by atoms with Crippen LogP contribution < -0.4 is 20.1 Å². The first-order valence-corrected chi connectivity index (χ1v) is 10.7. The molecule has 31 heavy (non-hydrogen) atoms. The lowest BCUT2D eigenvalue weighted by molar-refractivity contribution is 0.0513. The SMILES string of the molecule is CN=C(NCCc1ccc(Cl)cc1)NCC1(c2ccc3c(c2)OCO3)CCOCC1.I. The molecule has 0 atom stereocenters. The van der Waals surface area contributed by atoms with Gasteiger partial charge >= 0.3 is 0 Å². The van der Waals surface area contributed by atoms with Crippen LogP contribution >= 0.6 is 35.6 Å². The first-order valence-electron chi connectivity index (χ1n) is 10.4. The fourth-order valence-electron chi connectivity index (χ4n) is 4.01. The maximum atomic E-state index is 5.96. The Labute approximate surface area is 205 Å². The van der Waals surface area contributed by atoms with Gasteiger partial charge in [-0.2, -0.15) is 0 Å². The van der Waals surface area contributed by atoms with E-state index in [2.05, 4.69) is 39.9 Å². The van der Waals surface area contributed by atoms with Crippen molar-refractivity contribution in [1.29, 1.82) is 0 Å². The van der Waals surface area contributed by atoms with Crippen LogP contribution in [0.4, 0.5) is 0 Å². The van der Waals surface area contributed by atoms with Crippen molar-refractivity contribution in [3.63, 3.8) is 0 Å². The molecule has 6 nitrogen and oxygen atoms in total. The molecule has 1 saturated heterocycles. The molecule has 0 radical (unpaired) electrons. The molecule has 0 aliphatic carbocycles. The van der Waals surface area contributed by atoms with E-state index in [1.807, 2.05) is 18.2 Å². The van der Waals surface area contributed by atoms with Gasteiger partial charge in [-0.05, 0) is 54.7 Å². The Hall–Kier alpha value is -1.71. The van der Waals surface area contributed by atoms with Gasteiger partial charge in [0.25, 0.3) is 0 Å². The van der Waals surface area contributed by atoms with Crippen molar-refractivity contribution < 1.29 is 14.2 Å². The summed E-state index contributed by atoms with van der Waals surface area (Å²) >= 11 is 5.96. The van der Waals surface area contributed by atoms with Gasteiger partial charge in [-0.3, -0.25) is 4.99 Å². The smallest absolute Gasteiger partial charge is 0.231 e. The summed E-state index contributed by atoms with van der Waals surface area (Å²) in [5.74, 6) is 2.44. The van der Waals surface area contributed by atoms with Crippen LogP contribution in [0.25, 0.3) is 0 Å². The van der Waals surface area contributed by atoms with E-state index >= 15 is 0 Å². The number of rotatable bonds is 6. The molecule has 0 saturated carbocycles. The highest BCUT2D eigenvalue weighted by molar-refractivity contribution is 14.0. The fourth-order valence-corrected chi connectivity index (χ4v) is 4.13. The van der Waals surface area contributed by atoms with Gasteiger partial charge in [0.2, 0.25) is 6.79 Å². The van der Waals surface area contributed by atoms with Crippen LogP contribution in [0.3, 0.4) is 0 Å². The molecule has 0 aromatic heterocycles. The number of halogens is 2. The Morgan fingerprint density at radius 2 is 1.77 bits per heavy atom. The molecule has 0 amide bonds. The third-order valence-corrected chi connectivity index (χ3v) is 6.12. The van der Waals surface area contributed by atoms with Crippen LogP contribution in [0, 0.1) is 0 Å². The number of nitrogens with zero attached hydrogens (tertiary/aromatic N) is 1. The topological polar surface area (TPSA) is 64.1 Å². The van der Waals surface area contributed by atoms with Crippen LogP contribution in [0.5, 0.6) is 11.5 Å². The van der Waals surface area contributed by atoms with Crippen molar-refractivity contribution >= 4 is 41.5 Å². The molecule has 2 aliphatic rings. The van der Waals surface area contributed by atoms with Gasteiger partial charge in [-0.15, -0.1) is 24.0 Å². The molecule has 2 aliphatic heterocycles. The van der Waals surface area contributed by atoms with Crippen LogP contribution in [0.2, 0.25) is 5.02 Å². The van der Waals surface area contributed by atoms with E-state index in [1.54, 1.807) is 7.05 Å². The average Bonchev–Trinajstić information content (AvgIpc) is 3.26. The molecular weight excluding hydrogens is 529 g/mol. The van der Waals surface area contributed by atoms with E-state index in [0.717, 1.165) is 68.0 Å². The zero-order chi connectivity index (χ0) is 20.8. The number of fused-ring (bicyclic) bond motifs is 1. The Balaban J connectivity index is 0.00000272. The van der Waals surface area contributed by atoms with E-state index in [-0.39, 0.29) is 36.2 Å². The van der Waals surface area contributed by atoms with E-state index in [9.17, 15) is 0 Å². The summed E-state index contributed by atoms with van der Waals surface area (Å²) in [6.45, 7) is 3.35. The van der Waals surface area contributed by atoms with E-state index < -0.39 is 0 Å². The summed E-state index contributed by atoms with van der Waals surface area (Å²) in [6, 6.07) is 14.2. The largest absolute Gasteiger partial charge is 0.454 e. The number of guanidine groups is 1. The van der Waals surface area contributed by atoms with Crippen molar-refractivity contribution in [2.75, 3.05) is 40.1 Å². The first kappa shape index (κ1) is 23.9. The third-order valence-electron chi connectivity index (χ3n) is 5.87. The molecule has 2 aromatic rings. The molecule has 0 spiro atoms. The highest BCUT2D eigenvalue weighted by Crippen LogP contribution is 2.40. The van der Waals surface area contributed by atoms with Gasteiger partial charge in [-0.1, -0.05) is 29.8 Å². The number of hydrogen-bond donors (Lipinski definition) is 2. The van der Waals surface area contributed by atoms with Gasteiger partial charge in [-0.25, -0.2) is 0 Å². The van der Waals surface area contributed by atoms with Gasteiger partial charge in [0, 0.05) is 43.8 Å². The number of hydrogen-bond acceptors (Lipinski definition) is 4. The van der Waals surface area contributed by atoms with Crippen LogP contribution in [0.15, 0.2) is 47.5 Å². The Bertz CT molecular complexity index is 886. The van der Waals surface area contributed by atoms with Gasteiger partial charge in [0.05, 0.1) is 0 Å². The standard InChI is InChI=1S/C23H28ClN3O3.HI/c1-25-22(26-11-8-17-2-5-19(24)6-3-17)27-15-23(9-12-28-13-10-23)18-4-7-20-21(14-18)30-16-29-20;/h2-7,14H,8-13,15-16H2,1H3,(H2,25,26,27);1H. The molecule has 2 aromatic carbocycles. The van der Waals surface area contributed by atoms with E-state index in [1.165, 1.54) is 11.1 Å². The highest BCUT2D eigenvalue weighted by Gasteiger charge is 2.35. The molecule has 8 heteroatoms. The number of benzene rings is 2. The second kappa shape index (κ2) is 11.2. The summed E-state index contributed by atoms with van der Waals surface area (Å²) in [7, 11) is 1.80. The van der Waals surface area contributed by atoms with Crippen molar-refractivity contribution in [2.45, 2.75) is 24.7 Å². The third kappa shape index (κ3) is 5.96. The minimum atomic E-state index is -0.0347. The molecule has 2 heterocycles. The lowest BCUT2D eigenvalue weighted by atomic mass is 9.74. The minimum Gasteiger partial charge on any atom is -0.454 e. The average molecular weight is 558 g/mol. The van der Waals surface area contributed by atoms with Crippen LogP contribution in [-0.2, 0) is 16.6 Å². The van der Waals surface area contributed by atoms with Gasteiger partial charge in [0.1, 0.15) is 0 Å². The Kier molecular flexibility index (Phi) is 8.68. The van der Waals surface area contributed by atoms with Crippen molar-refractivity contribution in [3.8, 4) is 11.5 Å². The molecular formula is C23H29ClIN3O3.